The largest absolute Gasteiger partial charge is 0.320 e. The second-order valence-corrected chi connectivity index (χ2v) is 4.81. The molecule has 0 saturated carbocycles. The van der Waals surface area contributed by atoms with Crippen LogP contribution in [-0.4, -0.2) is 11.7 Å². The molecule has 98 valence electrons. The highest BCUT2D eigenvalue weighted by Crippen LogP contribution is 2.37. The fourth-order valence-electron chi connectivity index (χ4n) is 2.14. The Morgan fingerprint density at radius 1 is 1.05 bits per heavy atom. The molecule has 1 heterocycles. The van der Waals surface area contributed by atoms with Crippen LogP contribution < -0.4 is 5.32 Å². The average Bonchev–Trinajstić information content (AvgIpc) is 2.78. The Kier molecular flexibility index (Phi) is 3.12. The minimum absolute atomic E-state index is 0.205. The molecule has 0 saturated heterocycles. The number of amides is 1. The van der Waals surface area contributed by atoms with Crippen molar-refractivity contribution >= 4 is 34.6 Å². The SMILES string of the molecule is O=C1Nc2c(Cl)cccc2C1=CC(=O)c1ccccc1. The number of carbonyl (C=O) groups is 2. The maximum absolute atomic E-state index is 12.2. The number of carbonyl (C=O) groups excluding carboxylic acids is 2. The monoisotopic (exact) mass is 283 g/mol. The van der Waals surface area contributed by atoms with Crippen LogP contribution in [0.4, 0.5) is 5.69 Å². The summed E-state index contributed by atoms with van der Waals surface area (Å²) in [6.45, 7) is 0. The van der Waals surface area contributed by atoms with E-state index in [1.165, 1.54) is 6.08 Å². The third-order valence-corrected chi connectivity index (χ3v) is 3.44. The molecule has 0 fully saturated rings. The molecule has 3 rings (SSSR count). The van der Waals surface area contributed by atoms with Gasteiger partial charge in [0.05, 0.1) is 16.3 Å². The summed E-state index contributed by atoms with van der Waals surface area (Å²) in [5, 5.41) is 3.15. The third-order valence-electron chi connectivity index (χ3n) is 3.12. The lowest BCUT2D eigenvalue weighted by atomic mass is 10.0. The van der Waals surface area contributed by atoms with Crippen molar-refractivity contribution in [1.29, 1.82) is 0 Å². The van der Waals surface area contributed by atoms with Gasteiger partial charge in [-0.2, -0.15) is 0 Å². The van der Waals surface area contributed by atoms with Gasteiger partial charge in [0.1, 0.15) is 0 Å². The first-order chi connectivity index (χ1) is 9.66. The van der Waals surface area contributed by atoms with Crippen molar-refractivity contribution in [3.05, 3.63) is 70.8 Å². The summed E-state index contributed by atoms with van der Waals surface area (Å²) in [7, 11) is 0. The van der Waals surface area contributed by atoms with Gasteiger partial charge in [-0.15, -0.1) is 0 Å². The lowest BCUT2D eigenvalue weighted by Crippen LogP contribution is -2.06. The Labute approximate surface area is 120 Å². The van der Waals surface area contributed by atoms with E-state index in [4.69, 9.17) is 11.6 Å². The minimum Gasteiger partial charge on any atom is -0.320 e. The fraction of sp³-hybridized carbons (Fsp3) is 0. The van der Waals surface area contributed by atoms with E-state index in [-0.39, 0.29) is 11.7 Å². The molecule has 4 heteroatoms. The summed E-state index contributed by atoms with van der Waals surface area (Å²) in [6.07, 6.45) is 1.35. The molecule has 2 aromatic carbocycles. The predicted octanol–water partition coefficient (Wildman–Crippen LogP) is 3.56. The van der Waals surface area contributed by atoms with Crippen molar-refractivity contribution in [2.75, 3.05) is 5.32 Å². The van der Waals surface area contributed by atoms with Crippen molar-refractivity contribution < 1.29 is 9.59 Å². The Balaban J connectivity index is 2.04. The number of fused-ring (bicyclic) bond motifs is 1. The number of hydrogen-bond donors (Lipinski definition) is 1. The molecule has 20 heavy (non-hydrogen) atoms. The van der Waals surface area contributed by atoms with Gasteiger partial charge in [0.2, 0.25) is 0 Å². The molecule has 0 bridgehead atoms. The molecule has 2 aromatic rings. The molecule has 1 N–H and O–H groups in total. The number of hydrogen-bond acceptors (Lipinski definition) is 2. The fourth-order valence-corrected chi connectivity index (χ4v) is 2.36. The molecular weight excluding hydrogens is 274 g/mol. The number of halogens is 1. The van der Waals surface area contributed by atoms with Crippen molar-refractivity contribution in [2.24, 2.45) is 0 Å². The highest BCUT2D eigenvalue weighted by molar-refractivity contribution is 6.40. The Morgan fingerprint density at radius 2 is 1.80 bits per heavy atom. The molecule has 0 unspecified atom stereocenters. The standard InChI is InChI=1S/C16H10ClNO2/c17-13-8-4-7-11-12(16(20)18-15(11)13)9-14(19)10-5-2-1-3-6-10/h1-9H,(H,18,20). The second kappa shape index (κ2) is 4.94. The van der Waals surface area contributed by atoms with Gasteiger partial charge in [0, 0.05) is 11.1 Å². The molecule has 0 aromatic heterocycles. The van der Waals surface area contributed by atoms with Gasteiger partial charge in [0.25, 0.3) is 5.91 Å². The summed E-state index contributed by atoms with van der Waals surface area (Å²) in [6, 6.07) is 14.0. The summed E-state index contributed by atoms with van der Waals surface area (Å²) >= 11 is 6.03. The molecule has 0 radical (unpaired) electrons. The number of allylic oxidation sites excluding steroid dienone is 1. The Bertz CT molecular complexity index is 735. The van der Waals surface area contributed by atoms with Crippen molar-refractivity contribution in [3.8, 4) is 0 Å². The number of nitrogens with one attached hydrogen (secondary N) is 1. The van der Waals surface area contributed by atoms with Gasteiger partial charge in [-0.05, 0) is 12.1 Å². The van der Waals surface area contributed by atoms with E-state index in [1.807, 2.05) is 6.07 Å². The quantitative estimate of drug-likeness (QED) is 0.677. The first kappa shape index (κ1) is 12.6. The lowest BCUT2D eigenvalue weighted by molar-refractivity contribution is -0.110. The smallest absolute Gasteiger partial charge is 0.256 e. The van der Waals surface area contributed by atoms with Crippen LogP contribution in [0.2, 0.25) is 5.02 Å². The Hall–Kier alpha value is -2.39. The molecule has 0 aliphatic carbocycles. The van der Waals surface area contributed by atoms with Crippen molar-refractivity contribution in [2.45, 2.75) is 0 Å². The van der Waals surface area contributed by atoms with Crippen molar-refractivity contribution in [1.82, 2.24) is 0 Å². The predicted molar refractivity (Wildman–Crippen MR) is 78.8 cm³/mol. The van der Waals surface area contributed by atoms with E-state index >= 15 is 0 Å². The van der Waals surface area contributed by atoms with E-state index in [2.05, 4.69) is 5.32 Å². The number of para-hydroxylation sites is 1. The maximum atomic E-state index is 12.2. The number of anilines is 1. The van der Waals surface area contributed by atoms with Gasteiger partial charge >= 0.3 is 0 Å². The van der Waals surface area contributed by atoms with Crippen LogP contribution in [0.15, 0.2) is 54.6 Å². The summed E-state index contributed by atoms with van der Waals surface area (Å²) in [4.78, 5) is 24.1. The van der Waals surface area contributed by atoms with Crippen LogP contribution >= 0.6 is 11.6 Å². The van der Waals surface area contributed by atoms with Gasteiger partial charge < -0.3 is 5.32 Å². The lowest BCUT2D eigenvalue weighted by Gasteiger charge is -2.00. The summed E-state index contributed by atoms with van der Waals surface area (Å²) < 4.78 is 0. The minimum atomic E-state index is -0.308. The van der Waals surface area contributed by atoms with E-state index in [9.17, 15) is 9.59 Å². The zero-order valence-electron chi connectivity index (χ0n) is 10.4. The van der Waals surface area contributed by atoms with Crippen LogP contribution in [0.1, 0.15) is 15.9 Å². The Morgan fingerprint density at radius 3 is 2.55 bits per heavy atom. The normalized spacial score (nSPS) is 15.1. The van der Waals surface area contributed by atoms with E-state index in [0.29, 0.717) is 27.4 Å². The zero-order valence-corrected chi connectivity index (χ0v) is 11.1. The highest BCUT2D eigenvalue weighted by atomic mass is 35.5. The van der Waals surface area contributed by atoms with Crippen molar-refractivity contribution in [3.63, 3.8) is 0 Å². The number of benzene rings is 2. The molecule has 1 aliphatic heterocycles. The molecule has 0 atom stereocenters. The topological polar surface area (TPSA) is 46.2 Å². The van der Waals surface area contributed by atoms with Crippen LogP contribution in [-0.2, 0) is 4.79 Å². The van der Waals surface area contributed by atoms with Gasteiger partial charge in [-0.3, -0.25) is 9.59 Å². The van der Waals surface area contributed by atoms with Crippen LogP contribution in [0.3, 0.4) is 0 Å². The molecule has 3 nitrogen and oxygen atoms in total. The molecule has 1 amide bonds. The number of rotatable bonds is 2. The molecule has 0 spiro atoms. The van der Waals surface area contributed by atoms with Crippen LogP contribution in [0, 0.1) is 0 Å². The maximum Gasteiger partial charge on any atom is 0.256 e. The molecular formula is C16H10ClNO2. The number of ketones is 1. The van der Waals surface area contributed by atoms with E-state index < -0.39 is 0 Å². The van der Waals surface area contributed by atoms with E-state index in [1.54, 1.807) is 42.5 Å². The zero-order chi connectivity index (χ0) is 14.1. The second-order valence-electron chi connectivity index (χ2n) is 4.40. The summed E-state index contributed by atoms with van der Waals surface area (Å²) in [5.41, 5.74) is 2.11. The van der Waals surface area contributed by atoms with Gasteiger partial charge in [0.15, 0.2) is 5.78 Å². The van der Waals surface area contributed by atoms with Gasteiger partial charge in [-0.1, -0.05) is 54.1 Å². The van der Waals surface area contributed by atoms with E-state index in [0.717, 1.165) is 0 Å². The van der Waals surface area contributed by atoms with Gasteiger partial charge in [-0.25, -0.2) is 0 Å². The van der Waals surface area contributed by atoms with Crippen LogP contribution in [0.25, 0.3) is 5.57 Å². The summed E-state index contributed by atoms with van der Waals surface area (Å²) in [5.74, 6) is -0.513. The highest BCUT2D eigenvalue weighted by Gasteiger charge is 2.26. The first-order valence-electron chi connectivity index (χ1n) is 6.08. The first-order valence-corrected chi connectivity index (χ1v) is 6.46. The average molecular weight is 284 g/mol. The third kappa shape index (κ3) is 2.12. The van der Waals surface area contributed by atoms with Crippen LogP contribution in [0.5, 0.6) is 0 Å². The molecule has 1 aliphatic rings.